The molecule has 2 heterocycles. The number of carboxylic acids is 1. The maximum absolute atomic E-state index is 15.9. The van der Waals surface area contributed by atoms with Gasteiger partial charge in [0.25, 0.3) is 0 Å². The highest BCUT2D eigenvalue weighted by Gasteiger charge is 2.57. The third-order valence-electron chi connectivity index (χ3n) is 14.6. The number of aromatic nitrogens is 4. The van der Waals surface area contributed by atoms with Crippen molar-refractivity contribution in [2.24, 2.45) is 0 Å². The molecule has 2 atom stereocenters. The third-order valence-corrected chi connectivity index (χ3v) is 14.6. The first-order chi connectivity index (χ1) is 37.8. The van der Waals surface area contributed by atoms with Crippen LogP contribution in [-0.4, -0.2) is 85.0 Å². The summed E-state index contributed by atoms with van der Waals surface area (Å²) in [6.45, 7) is 8.46. The van der Waals surface area contributed by atoms with E-state index in [9.17, 15) is 9.90 Å². The number of aryl methyl sites for hydroxylation is 2. The van der Waals surface area contributed by atoms with E-state index in [0.717, 1.165) is 71.7 Å². The van der Waals surface area contributed by atoms with Gasteiger partial charge in [0.1, 0.15) is 24.9 Å². The summed E-state index contributed by atoms with van der Waals surface area (Å²) in [6.07, 6.45) is -0.715. The highest BCUT2D eigenvalue weighted by Crippen LogP contribution is 2.46. The molecule has 0 radical (unpaired) electrons. The largest absolute Gasteiger partial charge is 0.480 e. The van der Waals surface area contributed by atoms with Crippen molar-refractivity contribution in [2.45, 2.75) is 89.4 Å². The summed E-state index contributed by atoms with van der Waals surface area (Å²) in [5.41, 5.74) is 8.47. The lowest BCUT2D eigenvalue weighted by Crippen LogP contribution is -2.73. The van der Waals surface area contributed by atoms with Gasteiger partial charge in [0.2, 0.25) is 5.66 Å². The molecule has 2 aliphatic rings. The zero-order chi connectivity index (χ0) is 54.6. The highest BCUT2D eigenvalue weighted by atomic mass is 16.6. The summed E-state index contributed by atoms with van der Waals surface area (Å²) < 4.78 is 18.8. The van der Waals surface area contributed by atoms with Crippen molar-refractivity contribution < 1.29 is 38.5 Å². The van der Waals surface area contributed by atoms with Crippen LogP contribution in [0.3, 0.4) is 0 Å². The van der Waals surface area contributed by atoms with Crippen LogP contribution in [0.2, 0.25) is 0 Å². The number of hydrogen-bond donors (Lipinski definition) is 2. The number of amides is 2. The van der Waals surface area contributed by atoms with E-state index in [0.29, 0.717) is 24.1 Å². The van der Waals surface area contributed by atoms with Gasteiger partial charge in [-0.2, -0.15) is 20.4 Å². The molecule has 10 rings (SSSR count). The van der Waals surface area contributed by atoms with Gasteiger partial charge in [-0.05, 0) is 113 Å². The average molecular weight is 1040 g/mol. The van der Waals surface area contributed by atoms with Crippen LogP contribution >= 0.6 is 0 Å². The Morgan fingerprint density at radius 1 is 0.577 bits per heavy atom. The van der Waals surface area contributed by atoms with Crippen molar-refractivity contribution in [3.05, 3.63) is 215 Å². The van der Waals surface area contributed by atoms with E-state index in [4.69, 9.17) is 14.2 Å². The number of hydrogen-bond acceptors (Lipinski definition) is 11. The summed E-state index contributed by atoms with van der Waals surface area (Å²) in [5, 5.41) is 32.5. The Labute approximate surface area is 453 Å². The van der Waals surface area contributed by atoms with Crippen LogP contribution in [0, 0.1) is 0 Å². The second kappa shape index (κ2) is 22.3. The molecule has 2 amide bonds. The molecule has 14 heteroatoms. The van der Waals surface area contributed by atoms with Gasteiger partial charge >= 0.3 is 24.1 Å². The summed E-state index contributed by atoms with van der Waals surface area (Å²) in [6, 6.07) is 49.8. The Balaban J connectivity index is 1.13. The predicted octanol–water partition coefficient (Wildman–Crippen LogP) is 11.8. The number of carbonyl (C=O) groups is 4. The standard InChI is InChI=1S/C64H60N6O8/c1-6-40-20-8-10-22-43(40)53-34-35-65-68-57(53)36-58(59(71)72)70(62(75)77-39-55-51-30-18-14-26-47(51)48-27-15-19-31-52(48)55)64(60(73)78-63(3,4)5,37-42-32-33-56(69-67-42)44-23-11-9-21-41(44)7-2)66-61(74)76-38-54-49-28-16-12-24-45(49)46-25-13-17-29-50(46)54/h8-35,54-55,58H,6-7,36-39H2,1-5H3,(H,66,74)(H,71,72)/t58-,64-/m0/s1. The van der Waals surface area contributed by atoms with Crippen molar-refractivity contribution in [2.75, 3.05) is 13.2 Å². The molecular formula is C64H60N6O8. The summed E-state index contributed by atoms with van der Waals surface area (Å²) in [5.74, 6) is -3.64. The van der Waals surface area contributed by atoms with E-state index in [2.05, 4.69) is 25.7 Å². The van der Waals surface area contributed by atoms with Gasteiger partial charge < -0.3 is 19.3 Å². The number of rotatable bonds is 17. The molecule has 2 aromatic heterocycles. The van der Waals surface area contributed by atoms with Gasteiger partial charge in [0, 0.05) is 35.8 Å². The molecule has 0 fully saturated rings. The van der Waals surface area contributed by atoms with Crippen LogP contribution in [-0.2, 0) is 49.5 Å². The van der Waals surface area contributed by atoms with Crippen LogP contribution in [0.4, 0.5) is 9.59 Å². The lowest BCUT2D eigenvalue weighted by molar-refractivity contribution is -0.175. The topological polar surface area (TPSA) is 183 Å². The fourth-order valence-electron chi connectivity index (χ4n) is 11.0. The molecular weight excluding hydrogens is 981 g/mol. The predicted molar refractivity (Wildman–Crippen MR) is 296 cm³/mol. The van der Waals surface area contributed by atoms with E-state index in [-0.39, 0.29) is 24.6 Å². The lowest BCUT2D eigenvalue weighted by Gasteiger charge is -2.44. The zero-order valence-electron chi connectivity index (χ0n) is 44.2. The Hall–Kier alpha value is -9.04. The summed E-state index contributed by atoms with van der Waals surface area (Å²) >= 11 is 0. The number of nitrogens with one attached hydrogen (secondary N) is 1. The zero-order valence-corrected chi connectivity index (χ0v) is 44.2. The maximum atomic E-state index is 15.9. The van der Waals surface area contributed by atoms with Crippen molar-refractivity contribution in [1.82, 2.24) is 30.6 Å². The molecule has 2 aliphatic carbocycles. The Bertz CT molecular complexity index is 3450. The number of aliphatic carboxylic acids is 1. The lowest BCUT2D eigenvalue weighted by atomic mass is 9.93. The van der Waals surface area contributed by atoms with Crippen molar-refractivity contribution in [3.8, 4) is 44.6 Å². The van der Waals surface area contributed by atoms with E-state index in [1.165, 1.54) is 6.20 Å². The van der Waals surface area contributed by atoms with Crippen LogP contribution in [0.15, 0.2) is 170 Å². The normalized spacial score (nSPS) is 13.7. The summed E-state index contributed by atoms with van der Waals surface area (Å²) in [4.78, 5) is 62.1. The highest BCUT2D eigenvalue weighted by molar-refractivity contribution is 5.93. The molecule has 0 spiro atoms. The third kappa shape index (κ3) is 10.5. The van der Waals surface area contributed by atoms with Crippen molar-refractivity contribution >= 4 is 24.1 Å². The molecule has 2 N–H and O–H groups in total. The number of nitrogens with zero attached hydrogens (tertiary/aromatic N) is 5. The van der Waals surface area contributed by atoms with Crippen LogP contribution in [0.5, 0.6) is 0 Å². The van der Waals surface area contributed by atoms with Crippen LogP contribution in [0.25, 0.3) is 44.6 Å². The molecule has 0 bridgehead atoms. The van der Waals surface area contributed by atoms with E-state index < -0.39 is 66.1 Å². The molecule has 0 aliphatic heterocycles. The van der Waals surface area contributed by atoms with Gasteiger partial charge in [0.05, 0.1) is 23.3 Å². The van der Waals surface area contributed by atoms with Gasteiger partial charge in [-0.15, -0.1) is 0 Å². The van der Waals surface area contributed by atoms with Gasteiger partial charge in [-0.1, -0.05) is 159 Å². The first-order valence-electron chi connectivity index (χ1n) is 26.3. The monoisotopic (exact) mass is 1040 g/mol. The summed E-state index contributed by atoms with van der Waals surface area (Å²) in [7, 11) is 0. The molecule has 0 unspecified atom stereocenters. The molecule has 78 heavy (non-hydrogen) atoms. The average Bonchev–Trinajstić information content (AvgIpc) is 4.06. The Morgan fingerprint density at radius 3 is 1.56 bits per heavy atom. The van der Waals surface area contributed by atoms with Gasteiger partial charge in [-0.3, -0.25) is 10.2 Å². The number of alkyl carbamates (subject to hydrolysis) is 1. The number of carbonyl (C=O) groups excluding carboxylic acids is 3. The minimum Gasteiger partial charge on any atom is -0.480 e. The van der Waals surface area contributed by atoms with Crippen molar-refractivity contribution in [1.29, 1.82) is 0 Å². The molecule has 0 saturated carbocycles. The van der Waals surface area contributed by atoms with E-state index >= 15 is 14.4 Å². The molecule has 0 saturated heterocycles. The fourth-order valence-corrected chi connectivity index (χ4v) is 11.0. The second-order valence-corrected chi connectivity index (χ2v) is 20.5. The quantitative estimate of drug-likeness (QED) is 0.0501. The SMILES string of the molecule is CCc1ccccc1-c1ccc(C[C@@](NC(=O)OCC2c3ccccc3-c3ccccc32)(C(=O)OC(C)(C)C)N(C(=O)OCC2c3ccccc3-c3ccccc32)[C@@H](Cc2nnccc2-c2ccccc2CC)C(=O)O)nn1. The number of esters is 1. The minimum atomic E-state index is -2.78. The second-order valence-electron chi connectivity index (χ2n) is 20.5. The number of ether oxygens (including phenoxy) is 3. The van der Waals surface area contributed by atoms with E-state index in [1.807, 2.05) is 159 Å². The molecule has 6 aromatic carbocycles. The molecule has 14 nitrogen and oxygen atoms in total. The number of benzene rings is 6. The Kier molecular flexibility index (Phi) is 15.0. The van der Waals surface area contributed by atoms with Crippen molar-refractivity contribution in [3.63, 3.8) is 0 Å². The maximum Gasteiger partial charge on any atom is 0.412 e. The number of fused-ring (bicyclic) bond motifs is 6. The fraction of sp³-hybridized carbons (Fsp3) is 0.250. The first kappa shape index (κ1) is 52.4. The minimum absolute atomic E-state index is 0.0928. The van der Waals surface area contributed by atoms with Gasteiger partial charge in [0.15, 0.2) is 0 Å². The van der Waals surface area contributed by atoms with E-state index in [1.54, 1.807) is 39.0 Å². The Morgan fingerprint density at radius 2 is 1.06 bits per heavy atom. The van der Waals surface area contributed by atoms with Crippen LogP contribution in [0.1, 0.15) is 91.2 Å². The van der Waals surface area contributed by atoms with Gasteiger partial charge in [-0.25, -0.2) is 19.2 Å². The smallest absolute Gasteiger partial charge is 0.412 e. The molecule has 394 valence electrons. The number of carboxylic acid groups (broad SMARTS) is 1. The molecule has 8 aromatic rings. The van der Waals surface area contributed by atoms with Crippen LogP contribution < -0.4 is 5.32 Å². The first-order valence-corrected chi connectivity index (χ1v) is 26.3.